The number of halogens is 2. The number of nitrogens with zero attached hydrogens (tertiary/aromatic N) is 1. The number of aromatic nitrogens is 1. The fraction of sp³-hybridized carbons (Fsp3) is 0.125. The summed E-state index contributed by atoms with van der Waals surface area (Å²) in [5, 5.41) is 5.68. The van der Waals surface area contributed by atoms with Crippen molar-refractivity contribution in [2.45, 2.75) is 19.3 Å². The van der Waals surface area contributed by atoms with Gasteiger partial charge in [0.25, 0.3) is 0 Å². The third kappa shape index (κ3) is 5.01. The van der Waals surface area contributed by atoms with Gasteiger partial charge in [-0.3, -0.25) is 9.59 Å². The number of pyridine rings is 1. The van der Waals surface area contributed by atoms with E-state index in [1.54, 1.807) is 18.2 Å². The molecule has 2 aromatic carbocycles. The lowest BCUT2D eigenvalue weighted by atomic mass is 10.1. The lowest BCUT2D eigenvalue weighted by molar-refractivity contribution is -0.115. The highest BCUT2D eigenvalue weighted by Gasteiger charge is 2.16. The van der Waals surface area contributed by atoms with E-state index in [1.165, 1.54) is 6.07 Å². The van der Waals surface area contributed by atoms with Gasteiger partial charge in [0.15, 0.2) is 17.4 Å². The number of hydrogen-bond donors (Lipinski definition) is 2. The van der Waals surface area contributed by atoms with Crippen molar-refractivity contribution >= 4 is 35.0 Å². The summed E-state index contributed by atoms with van der Waals surface area (Å²) in [5.41, 5.74) is 3.40. The molecule has 3 aromatic rings. The Bertz CT molecular complexity index is 1190. The van der Waals surface area contributed by atoms with Gasteiger partial charge >= 0.3 is 0 Å². The molecule has 0 spiro atoms. The van der Waals surface area contributed by atoms with E-state index in [-0.39, 0.29) is 18.1 Å². The van der Waals surface area contributed by atoms with E-state index in [2.05, 4.69) is 15.6 Å². The van der Waals surface area contributed by atoms with Gasteiger partial charge in [-0.2, -0.15) is 0 Å². The van der Waals surface area contributed by atoms with Crippen LogP contribution in [0, 0.1) is 11.6 Å². The number of carbonyl (C=O) groups is 2. The van der Waals surface area contributed by atoms with Gasteiger partial charge in [-0.25, -0.2) is 13.8 Å². The Morgan fingerprint density at radius 1 is 1.10 bits per heavy atom. The van der Waals surface area contributed by atoms with Crippen LogP contribution >= 0.6 is 0 Å². The summed E-state index contributed by atoms with van der Waals surface area (Å²) in [4.78, 5) is 28.2. The Labute approximate surface area is 177 Å². The summed E-state index contributed by atoms with van der Waals surface area (Å²) < 4.78 is 26.4. The third-order valence-corrected chi connectivity index (χ3v) is 4.83. The van der Waals surface area contributed by atoms with Crippen LogP contribution in [0.15, 0.2) is 60.7 Å². The van der Waals surface area contributed by atoms with Crippen LogP contribution in [0.2, 0.25) is 0 Å². The maximum absolute atomic E-state index is 13.4. The van der Waals surface area contributed by atoms with E-state index in [9.17, 15) is 18.4 Å². The van der Waals surface area contributed by atoms with Gasteiger partial charge in [-0.1, -0.05) is 30.4 Å². The maximum Gasteiger partial charge on any atom is 0.228 e. The van der Waals surface area contributed by atoms with E-state index < -0.39 is 11.6 Å². The minimum Gasteiger partial charge on any atom is -0.340 e. The molecule has 1 aromatic heterocycles. The second-order valence-corrected chi connectivity index (χ2v) is 7.17. The summed E-state index contributed by atoms with van der Waals surface area (Å²) >= 11 is 0. The first-order valence-corrected chi connectivity index (χ1v) is 9.79. The van der Waals surface area contributed by atoms with E-state index in [4.69, 9.17) is 0 Å². The third-order valence-electron chi connectivity index (χ3n) is 4.83. The van der Waals surface area contributed by atoms with Crippen LogP contribution in [-0.4, -0.2) is 16.7 Å². The quantitative estimate of drug-likeness (QED) is 0.512. The molecule has 0 saturated carbocycles. The van der Waals surface area contributed by atoms with Gasteiger partial charge in [0, 0.05) is 23.9 Å². The summed E-state index contributed by atoms with van der Waals surface area (Å²) in [6.45, 7) is 0. The average molecular weight is 419 g/mol. The number of anilines is 3. The van der Waals surface area contributed by atoms with Crippen LogP contribution < -0.4 is 10.6 Å². The van der Waals surface area contributed by atoms with Gasteiger partial charge in [0.05, 0.1) is 6.42 Å². The van der Waals surface area contributed by atoms with Crippen LogP contribution in [-0.2, 0) is 11.2 Å². The number of carbonyl (C=O) groups excluding carboxylic acids is 2. The SMILES string of the molecule is O=C1Cc2ccc(/C=C/CCC(=O)c3cccc(Nc4ccc(F)c(F)c4)n3)cc2N1. The van der Waals surface area contributed by atoms with Crippen LogP contribution in [0.25, 0.3) is 6.08 Å². The predicted octanol–water partition coefficient (Wildman–Crippen LogP) is 5.27. The summed E-state index contributed by atoms with van der Waals surface area (Å²) in [6.07, 6.45) is 5.03. The number of amides is 1. The monoisotopic (exact) mass is 419 g/mol. The number of benzene rings is 2. The normalized spacial score (nSPS) is 12.6. The number of Topliss-reactive ketones (excluding diaryl/α,β-unsaturated/α-hetero) is 1. The molecular formula is C24H19F2N3O2. The van der Waals surface area contributed by atoms with Crippen LogP contribution in [0.5, 0.6) is 0 Å². The molecule has 7 heteroatoms. The number of ketones is 1. The van der Waals surface area contributed by atoms with E-state index in [1.807, 2.05) is 30.4 Å². The van der Waals surface area contributed by atoms with Crippen LogP contribution in [0.1, 0.15) is 34.5 Å². The maximum atomic E-state index is 13.4. The van der Waals surface area contributed by atoms with Crippen LogP contribution in [0.3, 0.4) is 0 Å². The minimum atomic E-state index is -0.963. The summed E-state index contributed by atoms with van der Waals surface area (Å²) in [6, 6.07) is 14.2. The van der Waals surface area contributed by atoms with Crippen molar-refractivity contribution in [1.82, 2.24) is 4.98 Å². The summed E-state index contributed by atoms with van der Waals surface area (Å²) in [7, 11) is 0. The van der Waals surface area contributed by atoms with Crippen molar-refractivity contribution in [2.24, 2.45) is 0 Å². The highest BCUT2D eigenvalue weighted by Crippen LogP contribution is 2.24. The molecule has 0 unspecified atom stereocenters. The Morgan fingerprint density at radius 2 is 1.97 bits per heavy atom. The van der Waals surface area contributed by atoms with Gasteiger partial charge in [-0.05, 0) is 47.9 Å². The van der Waals surface area contributed by atoms with E-state index in [0.717, 1.165) is 28.9 Å². The Balaban J connectivity index is 1.34. The first-order chi connectivity index (χ1) is 15.0. The zero-order valence-corrected chi connectivity index (χ0v) is 16.5. The fourth-order valence-corrected chi connectivity index (χ4v) is 3.28. The second-order valence-electron chi connectivity index (χ2n) is 7.17. The number of fused-ring (bicyclic) bond motifs is 1. The Morgan fingerprint density at radius 3 is 2.81 bits per heavy atom. The molecule has 2 heterocycles. The highest BCUT2D eigenvalue weighted by molar-refractivity contribution is 5.99. The van der Waals surface area contributed by atoms with Gasteiger partial charge in [0.2, 0.25) is 5.91 Å². The molecule has 1 amide bonds. The lowest BCUT2D eigenvalue weighted by Gasteiger charge is -2.07. The van der Waals surface area contributed by atoms with Crippen molar-refractivity contribution < 1.29 is 18.4 Å². The van der Waals surface area contributed by atoms with Crippen molar-refractivity contribution in [3.8, 4) is 0 Å². The zero-order valence-electron chi connectivity index (χ0n) is 16.5. The largest absolute Gasteiger partial charge is 0.340 e. The molecule has 1 aliphatic rings. The molecular weight excluding hydrogens is 400 g/mol. The number of nitrogens with one attached hydrogen (secondary N) is 2. The molecule has 156 valence electrons. The van der Waals surface area contributed by atoms with Gasteiger partial charge in [-0.15, -0.1) is 0 Å². The van der Waals surface area contributed by atoms with Crippen LogP contribution in [0.4, 0.5) is 26.0 Å². The molecule has 0 aliphatic carbocycles. The van der Waals surface area contributed by atoms with Crippen molar-refractivity contribution in [3.63, 3.8) is 0 Å². The Hall–Kier alpha value is -3.87. The molecule has 0 bridgehead atoms. The molecule has 0 radical (unpaired) electrons. The topological polar surface area (TPSA) is 71.1 Å². The first kappa shape index (κ1) is 20.4. The van der Waals surface area contributed by atoms with Gasteiger partial charge in [0.1, 0.15) is 11.5 Å². The molecule has 31 heavy (non-hydrogen) atoms. The van der Waals surface area contributed by atoms with E-state index >= 15 is 0 Å². The van der Waals surface area contributed by atoms with E-state index in [0.29, 0.717) is 30.0 Å². The van der Waals surface area contributed by atoms with Gasteiger partial charge < -0.3 is 10.6 Å². The standard InChI is InChI=1S/C24H19F2N3O2/c25-18-11-10-17(14-19(18)26)27-23-7-3-5-20(28-23)22(30)6-2-1-4-15-8-9-16-13-24(31)29-21(16)12-15/h1,3-5,7-12,14H,2,6,13H2,(H,27,28)(H,29,31)/b4-1+. The fourth-order valence-electron chi connectivity index (χ4n) is 3.28. The highest BCUT2D eigenvalue weighted by atomic mass is 19.2. The molecule has 0 saturated heterocycles. The smallest absolute Gasteiger partial charge is 0.228 e. The molecule has 0 fully saturated rings. The zero-order chi connectivity index (χ0) is 21.8. The average Bonchev–Trinajstić information content (AvgIpc) is 3.13. The Kier molecular flexibility index (Phi) is 5.84. The molecule has 1 aliphatic heterocycles. The predicted molar refractivity (Wildman–Crippen MR) is 115 cm³/mol. The number of allylic oxidation sites excluding steroid dienone is 1. The molecule has 5 nitrogen and oxygen atoms in total. The summed E-state index contributed by atoms with van der Waals surface area (Å²) in [5.74, 6) is -1.65. The molecule has 0 atom stereocenters. The van der Waals surface area contributed by atoms with Crippen molar-refractivity contribution in [1.29, 1.82) is 0 Å². The van der Waals surface area contributed by atoms with Crippen molar-refractivity contribution in [2.75, 3.05) is 10.6 Å². The first-order valence-electron chi connectivity index (χ1n) is 9.79. The molecule has 4 rings (SSSR count). The molecule has 2 N–H and O–H groups in total. The second kappa shape index (κ2) is 8.87. The lowest BCUT2D eigenvalue weighted by Crippen LogP contribution is -2.04. The number of rotatable bonds is 7. The number of hydrogen-bond acceptors (Lipinski definition) is 4. The minimum absolute atomic E-state index is 0.00416. The van der Waals surface area contributed by atoms with Crippen molar-refractivity contribution in [3.05, 3.63) is 89.1 Å².